The van der Waals surface area contributed by atoms with Crippen LogP contribution in [-0.4, -0.2) is 35.7 Å². The molecule has 1 amide bonds. The monoisotopic (exact) mass is 512 g/mol. The van der Waals surface area contributed by atoms with Gasteiger partial charge in [0.05, 0.1) is 23.3 Å². The number of aromatic nitrogens is 5. The molecule has 0 bridgehead atoms. The van der Waals surface area contributed by atoms with Crippen molar-refractivity contribution in [3.8, 4) is 5.75 Å². The van der Waals surface area contributed by atoms with Gasteiger partial charge < -0.3 is 14.9 Å². The summed E-state index contributed by atoms with van der Waals surface area (Å²) in [5, 5.41) is 16.6. The van der Waals surface area contributed by atoms with Gasteiger partial charge in [0.1, 0.15) is 23.6 Å². The summed E-state index contributed by atoms with van der Waals surface area (Å²) >= 11 is 6.48. The van der Waals surface area contributed by atoms with E-state index in [0.29, 0.717) is 17.0 Å². The molecule has 12 heteroatoms. The van der Waals surface area contributed by atoms with Crippen LogP contribution in [0.1, 0.15) is 57.7 Å². The normalized spacial score (nSPS) is 12.8. The summed E-state index contributed by atoms with van der Waals surface area (Å²) in [6.45, 7) is 5.34. The third-order valence-corrected chi connectivity index (χ3v) is 6.28. The molecule has 186 valence electrons. The fourth-order valence-corrected chi connectivity index (χ4v) is 4.16. The second kappa shape index (κ2) is 9.86. The number of benzene rings is 1. The van der Waals surface area contributed by atoms with E-state index in [-0.39, 0.29) is 16.5 Å². The number of nitrogens with one attached hydrogen (secondary N) is 1. The molecule has 0 unspecified atom stereocenters. The SMILES string of the molecule is Cc1ncc([C@@H](c2cc(F)ccc2Cl)[C@@H](C)c2nc(C(=O)Nc3cnoc3)c(O)c(=O)n2C)nc1C. The molecule has 0 aliphatic rings. The number of hydrogen-bond donors (Lipinski definition) is 2. The van der Waals surface area contributed by atoms with Gasteiger partial charge >= 0.3 is 0 Å². The summed E-state index contributed by atoms with van der Waals surface area (Å²) in [4.78, 5) is 39.1. The number of carbonyl (C=O) groups is 1. The summed E-state index contributed by atoms with van der Waals surface area (Å²) in [5.41, 5.74) is 1.15. The summed E-state index contributed by atoms with van der Waals surface area (Å²) in [7, 11) is 1.42. The molecular weight excluding hydrogens is 491 g/mol. The van der Waals surface area contributed by atoms with Gasteiger partial charge in [0.25, 0.3) is 11.5 Å². The molecule has 0 saturated carbocycles. The van der Waals surface area contributed by atoms with Gasteiger partial charge in [-0.1, -0.05) is 23.7 Å². The minimum Gasteiger partial charge on any atom is -0.501 e. The van der Waals surface area contributed by atoms with Gasteiger partial charge in [-0.25, -0.2) is 9.37 Å². The van der Waals surface area contributed by atoms with E-state index in [1.54, 1.807) is 20.0 Å². The van der Waals surface area contributed by atoms with Crippen LogP contribution in [0, 0.1) is 19.7 Å². The van der Waals surface area contributed by atoms with Crippen molar-refractivity contribution in [3.63, 3.8) is 0 Å². The highest BCUT2D eigenvalue weighted by Gasteiger charge is 2.32. The van der Waals surface area contributed by atoms with Crippen molar-refractivity contribution in [3.05, 3.63) is 92.2 Å². The van der Waals surface area contributed by atoms with Crippen LogP contribution in [0.2, 0.25) is 5.02 Å². The van der Waals surface area contributed by atoms with Crippen molar-refractivity contribution < 1.29 is 18.8 Å². The number of rotatable bonds is 6. The predicted molar refractivity (Wildman–Crippen MR) is 129 cm³/mol. The molecule has 4 rings (SSSR count). The molecule has 0 saturated heterocycles. The fourth-order valence-electron chi connectivity index (χ4n) is 3.93. The van der Waals surface area contributed by atoms with E-state index in [2.05, 4.69) is 29.9 Å². The molecule has 0 radical (unpaired) electrons. The molecule has 2 atom stereocenters. The largest absolute Gasteiger partial charge is 0.501 e. The first-order valence-electron chi connectivity index (χ1n) is 10.8. The third-order valence-electron chi connectivity index (χ3n) is 5.94. The Labute approximate surface area is 209 Å². The van der Waals surface area contributed by atoms with Crippen molar-refractivity contribution in [2.24, 2.45) is 7.05 Å². The molecule has 0 fully saturated rings. The van der Waals surface area contributed by atoms with Crippen LogP contribution < -0.4 is 10.9 Å². The third kappa shape index (κ3) is 4.69. The standard InChI is InChI=1S/C24H22ClFN6O4/c1-11(19(16-7-14(26)5-6-17(16)25)18-9-27-12(2)13(3)29-18)22-31-20(21(33)24(35)32(22)4)23(34)30-15-8-28-36-10-15/h5-11,19,33H,1-4H3,(H,30,34)/t11-,19-/m1/s1. The molecule has 10 nitrogen and oxygen atoms in total. The van der Waals surface area contributed by atoms with Gasteiger partial charge in [-0.05, 0) is 37.6 Å². The Balaban J connectivity index is 1.88. The molecule has 2 N–H and O–H groups in total. The lowest BCUT2D eigenvalue weighted by molar-refractivity contribution is 0.101. The average molecular weight is 513 g/mol. The Morgan fingerprint density at radius 2 is 1.97 bits per heavy atom. The number of anilines is 1. The molecule has 3 aromatic heterocycles. The lowest BCUT2D eigenvalue weighted by atomic mass is 9.83. The number of aromatic hydroxyl groups is 1. The highest BCUT2D eigenvalue weighted by atomic mass is 35.5. The van der Waals surface area contributed by atoms with Crippen molar-refractivity contribution >= 4 is 23.2 Å². The Kier molecular flexibility index (Phi) is 6.84. The molecule has 0 aliphatic carbocycles. The summed E-state index contributed by atoms with van der Waals surface area (Å²) < 4.78 is 20.1. The molecular formula is C24H22ClFN6O4. The van der Waals surface area contributed by atoms with E-state index in [4.69, 9.17) is 11.6 Å². The minimum atomic E-state index is -0.840. The van der Waals surface area contributed by atoms with E-state index < -0.39 is 40.6 Å². The second-order valence-corrected chi connectivity index (χ2v) is 8.70. The van der Waals surface area contributed by atoms with E-state index in [0.717, 1.165) is 10.3 Å². The molecule has 0 aliphatic heterocycles. The van der Waals surface area contributed by atoms with E-state index in [9.17, 15) is 19.1 Å². The topological polar surface area (TPSA) is 136 Å². The van der Waals surface area contributed by atoms with Crippen molar-refractivity contribution in [1.29, 1.82) is 0 Å². The molecule has 0 spiro atoms. The van der Waals surface area contributed by atoms with Crippen LogP contribution >= 0.6 is 11.6 Å². The van der Waals surface area contributed by atoms with Crippen molar-refractivity contribution in [1.82, 2.24) is 24.7 Å². The number of carbonyl (C=O) groups excluding carboxylic acids is 1. The van der Waals surface area contributed by atoms with Gasteiger partial charge in [0.2, 0.25) is 5.75 Å². The molecule has 36 heavy (non-hydrogen) atoms. The Morgan fingerprint density at radius 1 is 1.22 bits per heavy atom. The van der Waals surface area contributed by atoms with Crippen molar-refractivity contribution in [2.75, 3.05) is 5.32 Å². The fraction of sp³-hybridized carbons (Fsp3) is 0.250. The maximum Gasteiger partial charge on any atom is 0.296 e. The van der Waals surface area contributed by atoms with Gasteiger partial charge in [-0.15, -0.1) is 0 Å². The van der Waals surface area contributed by atoms with Crippen molar-refractivity contribution in [2.45, 2.75) is 32.6 Å². The average Bonchev–Trinajstić information content (AvgIpc) is 3.35. The lowest BCUT2D eigenvalue weighted by Gasteiger charge is -2.26. The highest BCUT2D eigenvalue weighted by Crippen LogP contribution is 2.40. The first kappa shape index (κ1) is 25.0. The van der Waals surface area contributed by atoms with Crippen LogP contribution in [-0.2, 0) is 7.05 Å². The summed E-state index contributed by atoms with van der Waals surface area (Å²) in [5.74, 6) is -3.40. The number of hydrogen-bond acceptors (Lipinski definition) is 8. The minimum absolute atomic E-state index is 0.138. The zero-order valence-electron chi connectivity index (χ0n) is 19.8. The van der Waals surface area contributed by atoms with Gasteiger partial charge in [-0.3, -0.25) is 24.1 Å². The van der Waals surface area contributed by atoms with E-state index in [1.807, 2.05) is 6.92 Å². The Bertz CT molecular complexity index is 1510. The smallest absolute Gasteiger partial charge is 0.296 e. The number of halogens is 2. The predicted octanol–water partition coefficient (Wildman–Crippen LogP) is 3.86. The zero-order valence-corrected chi connectivity index (χ0v) is 20.5. The van der Waals surface area contributed by atoms with Crippen LogP contribution in [0.15, 0.2) is 46.2 Å². The molecule has 4 aromatic rings. The second-order valence-electron chi connectivity index (χ2n) is 8.30. The zero-order chi connectivity index (χ0) is 26.1. The number of nitrogens with zero attached hydrogens (tertiary/aromatic N) is 5. The first-order valence-corrected chi connectivity index (χ1v) is 11.2. The number of aryl methyl sites for hydroxylation is 2. The Hall–Kier alpha value is -4.12. The Morgan fingerprint density at radius 3 is 2.64 bits per heavy atom. The maximum atomic E-state index is 14.3. The lowest BCUT2D eigenvalue weighted by Crippen LogP contribution is -2.29. The molecule has 3 heterocycles. The summed E-state index contributed by atoms with van der Waals surface area (Å²) in [6.07, 6.45) is 3.99. The highest BCUT2D eigenvalue weighted by molar-refractivity contribution is 6.31. The van der Waals surface area contributed by atoms with Crippen LogP contribution in [0.4, 0.5) is 10.1 Å². The van der Waals surface area contributed by atoms with Crippen LogP contribution in [0.25, 0.3) is 0 Å². The van der Waals surface area contributed by atoms with Gasteiger partial charge in [0, 0.05) is 30.1 Å². The maximum absolute atomic E-state index is 14.3. The summed E-state index contributed by atoms with van der Waals surface area (Å²) in [6, 6.07) is 3.96. The van der Waals surface area contributed by atoms with E-state index >= 15 is 0 Å². The first-order chi connectivity index (χ1) is 17.1. The van der Waals surface area contributed by atoms with Crippen LogP contribution in [0.3, 0.4) is 0 Å². The quantitative estimate of drug-likeness (QED) is 0.397. The van der Waals surface area contributed by atoms with Gasteiger partial charge in [-0.2, -0.15) is 0 Å². The van der Waals surface area contributed by atoms with Gasteiger partial charge in [0.15, 0.2) is 5.69 Å². The molecule has 1 aromatic carbocycles. The number of amides is 1. The van der Waals surface area contributed by atoms with Crippen LogP contribution in [0.5, 0.6) is 5.75 Å². The van der Waals surface area contributed by atoms with E-state index in [1.165, 1.54) is 37.7 Å².